The van der Waals surface area contributed by atoms with E-state index in [4.69, 9.17) is 10.2 Å². The standard InChI is InChI=1S/C8H13NO3S/c1-2-13(10,11)6-8-4-3-7(5-9)12-8/h3-4H,2,5-6,9H2,1H3. The molecule has 0 radical (unpaired) electrons. The summed E-state index contributed by atoms with van der Waals surface area (Å²) < 4.78 is 27.5. The lowest BCUT2D eigenvalue weighted by Gasteiger charge is -1.96. The molecule has 0 aliphatic carbocycles. The molecule has 5 heteroatoms. The molecule has 0 aliphatic rings. The topological polar surface area (TPSA) is 73.3 Å². The summed E-state index contributed by atoms with van der Waals surface area (Å²) in [5, 5.41) is 0. The molecule has 0 unspecified atom stereocenters. The van der Waals surface area contributed by atoms with Gasteiger partial charge in [-0.3, -0.25) is 0 Å². The highest BCUT2D eigenvalue weighted by Gasteiger charge is 2.11. The van der Waals surface area contributed by atoms with Crippen molar-refractivity contribution in [3.05, 3.63) is 23.7 Å². The Hall–Kier alpha value is -0.810. The lowest BCUT2D eigenvalue weighted by molar-refractivity contribution is 0.477. The van der Waals surface area contributed by atoms with Crippen molar-refractivity contribution < 1.29 is 12.8 Å². The quantitative estimate of drug-likeness (QED) is 0.780. The van der Waals surface area contributed by atoms with Crippen LogP contribution in [0.3, 0.4) is 0 Å². The van der Waals surface area contributed by atoms with E-state index in [0.717, 1.165) is 0 Å². The lowest BCUT2D eigenvalue weighted by Crippen LogP contribution is -2.05. The Morgan fingerprint density at radius 2 is 2.00 bits per heavy atom. The summed E-state index contributed by atoms with van der Waals surface area (Å²) in [6.07, 6.45) is 0. The van der Waals surface area contributed by atoms with Crippen LogP contribution in [0.5, 0.6) is 0 Å². The third-order valence-electron chi connectivity index (χ3n) is 1.72. The first kappa shape index (κ1) is 10.3. The second kappa shape index (κ2) is 3.93. The van der Waals surface area contributed by atoms with Gasteiger partial charge in [0.2, 0.25) is 0 Å². The Labute approximate surface area is 77.7 Å². The predicted octanol–water partition coefficient (Wildman–Crippen LogP) is 0.673. The van der Waals surface area contributed by atoms with Crippen LogP contribution >= 0.6 is 0 Å². The molecule has 0 aromatic carbocycles. The first-order valence-electron chi connectivity index (χ1n) is 4.05. The molecule has 0 saturated carbocycles. The third-order valence-corrected chi connectivity index (χ3v) is 3.32. The molecule has 0 amide bonds. The summed E-state index contributed by atoms with van der Waals surface area (Å²) in [5.74, 6) is 1.17. The van der Waals surface area contributed by atoms with Crippen molar-refractivity contribution in [1.29, 1.82) is 0 Å². The van der Waals surface area contributed by atoms with Gasteiger partial charge in [-0.25, -0.2) is 8.42 Å². The van der Waals surface area contributed by atoms with Crippen LogP contribution in [0.2, 0.25) is 0 Å². The summed E-state index contributed by atoms with van der Waals surface area (Å²) >= 11 is 0. The predicted molar refractivity (Wildman–Crippen MR) is 49.8 cm³/mol. The van der Waals surface area contributed by atoms with Crippen molar-refractivity contribution in [3.63, 3.8) is 0 Å². The Balaban J connectivity index is 2.75. The van der Waals surface area contributed by atoms with E-state index in [1.807, 2.05) is 0 Å². The fraction of sp³-hybridized carbons (Fsp3) is 0.500. The molecule has 4 nitrogen and oxygen atoms in total. The van der Waals surface area contributed by atoms with Crippen molar-refractivity contribution in [3.8, 4) is 0 Å². The number of hydrogen-bond donors (Lipinski definition) is 1. The maximum absolute atomic E-state index is 11.2. The molecule has 0 spiro atoms. The molecule has 0 bridgehead atoms. The average molecular weight is 203 g/mol. The second-order valence-corrected chi connectivity index (χ2v) is 5.10. The van der Waals surface area contributed by atoms with E-state index in [2.05, 4.69) is 0 Å². The zero-order valence-corrected chi connectivity index (χ0v) is 8.30. The van der Waals surface area contributed by atoms with E-state index >= 15 is 0 Å². The van der Waals surface area contributed by atoms with E-state index in [0.29, 0.717) is 18.1 Å². The molecule has 0 aliphatic heterocycles. The lowest BCUT2D eigenvalue weighted by atomic mass is 10.4. The molecule has 1 rings (SSSR count). The van der Waals surface area contributed by atoms with Crippen molar-refractivity contribution in [2.24, 2.45) is 5.73 Å². The number of furan rings is 1. The Morgan fingerprint density at radius 3 is 2.46 bits per heavy atom. The van der Waals surface area contributed by atoms with Gasteiger partial charge in [-0.15, -0.1) is 0 Å². The highest BCUT2D eigenvalue weighted by molar-refractivity contribution is 7.90. The first-order chi connectivity index (χ1) is 6.07. The molecule has 1 heterocycles. The molecular weight excluding hydrogens is 190 g/mol. The van der Waals surface area contributed by atoms with E-state index in [1.54, 1.807) is 19.1 Å². The average Bonchev–Trinajstić information content (AvgIpc) is 2.52. The molecule has 0 atom stereocenters. The van der Waals surface area contributed by atoms with Crippen LogP contribution in [-0.4, -0.2) is 14.2 Å². The van der Waals surface area contributed by atoms with Gasteiger partial charge in [-0.2, -0.15) is 0 Å². The summed E-state index contributed by atoms with van der Waals surface area (Å²) in [7, 11) is -3.00. The molecule has 1 aromatic heterocycles. The second-order valence-electron chi connectivity index (χ2n) is 2.75. The van der Waals surface area contributed by atoms with E-state index in [-0.39, 0.29) is 11.5 Å². The van der Waals surface area contributed by atoms with Crippen LogP contribution in [0.1, 0.15) is 18.4 Å². The van der Waals surface area contributed by atoms with Gasteiger partial charge in [0.25, 0.3) is 0 Å². The monoisotopic (exact) mass is 203 g/mol. The molecule has 13 heavy (non-hydrogen) atoms. The SMILES string of the molecule is CCS(=O)(=O)Cc1ccc(CN)o1. The van der Waals surface area contributed by atoms with Crippen molar-refractivity contribution in [2.45, 2.75) is 19.2 Å². The summed E-state index contributed by atoms with van der Waals surface area (Å²) in [6.45, 7) is 1.91. The Morgan fingerprint density at radius 1 is 1.38 bits per heavy atom. The first-order valence-corrected chi connectivity index (χ1v) is 5.87. The van der Waals surface area contributed by atoms with Crippen LogP contribution < -0.4 is 5.73 Å². The van der Waals surface area contributed by atoms with Gasteiger partial charge in [0.15, 0.2) is 9.84 Å². The molecular formula is C8H13NO3S. The van der Waals surface area contributed by atoms with Crippen molar-refractivity contribution in [1.82, 2.24) is 0 Å². The highest BCUT2D eigenvalue weighted by atomic mass is 32.2. The number of hydrogen-bond acceptors (Lipinski definition) is 4. The summed E-state index contributed by atoms with van der Waals surface area (Å²) in [4.78, 5) is 0. The van der Waals surface area contributed by atoms with Crippen molar-refractivity contribution in [2.75, 3.05) is 5.75 Å². The van der Waals surface area contributed by atoms with Gasteiger partial charge in [0.05, 0.1) is 6.54 Å². The number of sulfone groups is 1. The van der Waals surface area contributed by atoms with Crippen LogP contribution in [0.15, 0.2) is 16.5 Å². The van der Waals surface area contributed by atoms with Crippen LogP contribution in [0, 0.1) is 0 Å². The van der Waals surface area contributed by atoms with Gasteiger partial charge in [0.1, 0.15) is 17.3 Å². The number of rotatable bonds is 4. The maximum Gasteiger partial charge on any atom is 0.157 e. The minimum absolute atomic E-state index is 0.0382. The maximum atomic E-state index is 11.2. The van der Waals surface area contributed by atoms with Gasteiger partial charge in [-0.1, -0.05) is 6.92 Å². The number of nitrogens with two attached hydrogens (primary N) is 1. The van der Waals surface area contributed by atoms with E-state index < -0.39 is 9.84 Å². The zero-order chi connectivity index (χ0) is 9.90. The smallest absolute Gasteiger partial charge is 0.157 e. The molecule has 74 valence electrons. The molecule has 0 saturated heterocycles. The van der Waals surface area contributed by atoms with Gasteiger partial charge in [0, 0.05) is 5.75 Å². The Bertz CT molecular complexity index is 366. The minimum Gasteiger partial charge on any atom is -0.464 e. The van der Waals surface area contributed by atoms with Crippen molar-refractivity contribution >= 4 is 9.84 Å². The van der Waals surface area contributed by atoms with Crippen LogP contribution in [-0.2, 0) is 22.1 Å². The minimum atomic E-state index is -3.00. The fourth-order valence-corrected chi connectivity index (χ4v) is 1.72. The van der Waals surface area contributed by atoms with Crippen LogP contribution in [0.25, 0.3) is 0 Å². The van der Waals surface area contributed by atoms with E-state index in [1.165, 1.54) is 0 Å². The van der Waals surface area contributed by atoms with Gasteiger partial charge in [-0.05, 0) is 12.1 Å². The molecule has 1 aromatic rings. The van der Waals surface area contributed by atoms with Gasteiger partial charge < -0.3 is 10.2 Å². The summed E-state index contributed by atoms with van der Waals surface area (Å²) in [5.41, 5.74) is 5.32. The largest absolute Gasteiger partial charge is 0.464 e. The highest BCUT2D eigenvalue weighted by Crippen LogP contribution is 2.11. The molecule has 0 fully saturated rings. The fourth-order valence-electron chi connectivity index (χ4n) is 0.928. The normalized spacial score (nSPS) is 11.8. The Kier molecular flexibility index (Phi) is 3.11. The van der Waals surface area contributed by atoms with Gasteiger partial charge >= 0.3 is 0 Å². The van der Waals surface area contributed by atoms with Crippen LogP contribution in [0.4, 0.5) is 0 Å². The van der Waals surface area contributed by atoms with E-state index in [9.17, 15) is 8.42 Å². The third kappa shape index (κ3) is 2.86. The summed E-state index contributed by atoms with van der Waals surface area (Å²) in [6, 6.07) is 3.34. The zero-order valence-electron chi connectivity index (χ0n) is 7.49. The molecule has 2 N–H and O–H groups in total.